The van der Waals surface area contributed by atoms with Crippen LogP contribution < -0.4 is 31.9 Å². The minimum atomic E-state index is -1.31. The van der Waals surface area contributed by atoms with E-state index in [4.69, 9.17) is 4.74 Å². The lowest BCUT2D eigenvalue weighted by atomic mass is 9.91. The first-order valence-electron chi connectivity index (χ1n) is 18.2. The van der Waals surface area contributed by atoms with Crippen molar-refractivity contribution in [1.82, 2.24) is 31.9 Å². The molecular formula is C37H60N6O8. The van der Waals surface area contributed by atoms with E-state index in [-0.39, 0.29) is 43.1 Å². The van der Waals surface area contributed by atoms with Gasteiger partial charge in [0.25, 0.3) is 0 Å². The highest BCUT2D eigenvalue weighted by molar-refractivity contribution is 5.94. The molecule has 0 spiro atoms. The normalized spacial score (nSPS) is 20.3. The molecule has 0 aliphatic carbocycles. The highest BCUT2D eigenvalue weighted by atomic mass is 16.5. The molecule has 1 aliphatic heterocycles. The summed E-state index contributed by atoms with van der Waals surface area (Å²) in [7, 11) is 0. The Kier molecular flexibility index (Phi) is 18.4. The highest BCUT2D eigenvalue weighted by Crippen LogP contribution is 2.17. The predicted molar refractivity (Wildman–Crippen MR) is 193 cm³/mol. The lowest BCUT2D eigenvalue weighted by Gasteiger charge is -2.30. The minimum Gasteiger partial charge on any atom is -0.450 e. The average molecular weight is 717 g/mol. The first kappa shape index (κ1) is 43.0. The van der Waals surface area contributed by atoms with Gasteiger partial charge in [0.05, 0.1) is 25.2 Å². The molecule has 6 atom stereocenters. The van der Waals surface area contributed by atoms with E-state index in [1.807, 2.05) is 58.0 Å². The van der Waals surface area contributed by atoms with Gasteiger partial charge in [0.15, 0.2) is 0 Å². The van der Waals surface area contributed by atoms with Crippen molar-refractivity contribution in [2.24, 2.45) is 23.7 Å². The summed E-state index contributed by atoms with van der Waals surface area (Å²) in [5.74, 6) is -3.80. The van der Waals surface area contributed by atoms with Gasteiger partial charge in [-0.3, -0.25) is 24.0 Å². The molecule has 1 aromatic rings. The van der Waals surface area contributed by atoms with Crippen LogP contribution in [0.15, 0.2) is 30.3 Å². The zero-order valence-corrected chi connectivity index (χ0v) is 31.3. The lowest BCUT2D eigenvalue weighted by molar-refractivity contribution is -0.134. The topological polar surface area (TPSA) is 204 Å². The number of ether oxygens (including phenoxy) is 1. The van der Waals surface area contributed by atoms with E-state index in [9.17, 15) is 33.9 Å². The number of hydrogen-bond acceptors (Lipinski definition) is 8. The molecule has 2 rings (SSSR count). The second-order valence-corrected chi connectivity index (χ2v) is 14.6. The van der Waals surface area contributed by atoms with Gasteiger partial charge in [0.1, 0.15) is 18.1 Å². The van der Waals surface area contributed by atoms with E-state index < -0.39 is 65.9 Å². The van der Waals surface area contributed by atoms with Gasteiger partial charge in [-0.05, 0) is 55.4 Å². The molecule has 0 aromatic heterocycles. The average Bonchev–Trinajstić information content (AvgIpc) is 3.07. The monoisotopic (exact) mass is 716 g/mol. The maximum absolute atomic E-state index is 13.7. The number of carbonyl (C=O) groups excluding carboxylic acids is 6. The van der Waals surface area contributed by atoms with Crippen LogP contribution in [0.3, 0.4) is 0 Å². The molecule has 6 amide bonds. The number of alkyl carbamates (subject to hydrolysis) is 1. The van der Waals surface area contributed by atoms with Gasteiger partial charge >= 0.3 is 6.09 Å². The lowest BCUT2D eigenvalue weighted by Crippen LogP contribution is -2.58. The van der Waals surface area contributed by atoms with E-state index in [0.717, 1.165) is 5.56 Å². The zero-order valence-electron chi connectivity index (χ0n) is 31.3. The molecular weight excluding hydrogens is 656 g/mol. The van der Waals surface area contributed by atoms with Crippen LogP contribution in [-0.2, 0) is 35.3 Å². The second-order valence-electron chi connectivity index (χ2n) is 14.6. The van der Waals surface area contributed by atoms with Gasteiger partial charge in [0, 0.05) is 19.0 Å². The maximum atomic E-state index is 13.7. The molecule has 14 heteroatoms. The van der Waals surface area contributed by atoms with Gasteiger partial charge in [-0.2, -0.15) is 0 Å². The van der Waals surface area contributed by atoms with Crippen molar-refractivity contribution < 1.29 is 38.6 Å². The second kappa shape index (κ2) is 21.9. The van der Waals surface area contributed by atoms with E-state index in [2.05, 4.69) is 31.9 Å². The Hall–Kier alpha value is -4.20. The van der Waals surface area contributed by atoms with Crippen LogP contribution in [0.25, 0.3) is 0 Å². The quantitative estimate of drug-likeness (QED) is 0.152. The summed E-state index contributed by atoms with van der Waals surface area (Å²) in [6.07, 6.45) is -0.0423. The number of aliphatic hydroxyl groups is 1. The smallest absolute Gasteiger partial charge is 0.407 e. The Morgan fingerprint density at radius 1 is 0.882 bits per heavy atom. The third-order valence-electron chi connectivity index (χ3n) is 8.74. The molecule has 0 saturated carbocycles. The number of amides is 6. The van der Waals surface area contributed by atoms with Crippen molar-refractivity contribution in [2.45, 2.75) is 124 Å². The highest BCUT2D eigenvalue weighted by Gasteiger charge is 2.34. The molecule has 1 aromatic carbocycles. The Balaban J connectivity index is 2.16. The van der Waals surface area contributed by atoms with Crippen molar-refractivity contribution in [3.8, 4) is 0 Å². The van der Waals surface area contributed by atoms with E-state index in [1.54, 1.807) is 20.8 Å². The number of cyclic esters (lactones) is 1. The summed E-state index contributed by atoms with van der Waals surface area (Å²) in [6.45, 7) is 13.4. The van der Waals surface area contributed by atoms with Crippen LogP contribution in [0.1, 0.15) is 92.6 Å². The van der Waals surface area contributed by atoms with Crippen molar-refractivity contribution in [3.63, 3.8) is 0 Å². The fourth-order valence-corrected chi connectivity index (χ4v) is 5.69. The van der Waals surface area contributed by atoms with Crippen molar-refractivity contribution >= 4 is 35.6 Å². The minimum absolute atomic E-state index is 0.0269. The molecule has 0 unspecified atom stereocenters. The van der Waals surface area contributed by atoms with Gasteiger partial charge < -0.3 is 41.7 Å². The molecule has 1 fully saturated rings. The molecule has 14 nitrogen and oxygen atoms in total. The molecule has 1 aliphatic rings. The largest absolute Gasteiger partial charge is 0.450 e. The summed E-state index contributed by atoms with van der Waals surface area (Å²) in [4.78, 5) is 78.7. The van der Waals surface area contributed by atoms with Gasteiger partial charge in [-0.15, -0.1) is 0 Å². The molecule has 1 heterocycles. The van der Waals surface area contributed by atoms with Gasteiger partial charge in [-0.1, -0.05) is 78.8 Å². The third-order valence-corrected chi connectivity index (χ3v) is 8.74. The van der Waals surface area contributed by atoms with Crippen LogP contribution in [-0.4, -0.2) is 84.2 Å². The SMILES string of the molecule is CC(C)C[C@H](NC(=O)[C@@H]1CC(=O)NCCCCCOC(=O)N[C@@H](C(C)C)C(=O)N1)[C@@H](O)C[C@@H](C)C(=O)N[C@H](C(=O)NCc1ccccc1)C(C)C. The number of benzene rings is 1. The number of carbonyl (C=O) groups is 6. The van der Waals surface area contributed by atoms with Crippen molar-refractivity contribution in [2.75, 3.05) is 13.2 Å². The summed E-state index contributed by atoms with van der Waals surface area (Å²) < 4.78 is 5.21. The number of hydrogen-bond donors (Lipinski definition) is 7. The van der Waals surface area contributed by atoms with Crippen LogP contribution in [0, 0.1) is 23.7 Å². The summed E-state index contributed by atoms with van der Waals surface area (Å²) in [5.41, 5.74) is 0.924. The Morgan fingerprint density at radius 2 is 1.57 bits per heavy atom. The van der Waals surface area contributed by atoms with E-state index in [1.165, 1.54) is 0 Å². The molecule has 7 N–H and O–H groups in total. The maximum Gasteiger partial charge on any atom is 0.407 e. The van der Waals surface area contributed by atoms with Crippen molar-refractivity contribution in [3.05, 3.63) is 35.9 Å². The number of nitrogens with one attached hydrogen (secondary N) is 6. The molecule has 286 valence electrons. The Morgan fingerprint density at radius 3 is 2.20 bits per heavy atom. The van der Waals surface area contributed by atoms with Crippen LogP contribution in [0.4, 0.5) is 4.79 Å². The fraction of sp³-hybridized carbons (Fsp3) is 0.676. The van der Waals surface area contributed by atoms with Crippen molar-refractivity contribution in [1.29, 1.82) is 0 Å². The Bertz CT molecular complexity index is 1290. The van der Waals surface area contributed by atoms with Crippen LogP contribution in [0.2, 0.25) is 0 Å². The molecule has 51 heavy (non-hydrogen) atoms. The standard InChI is InChI=1S/C37H60N6O8/c1-22(2)18-27(29(44)19-25(7)33(46)42-31(23(3)4)35(48)39-21-26-14-10-8-11-15-26)40-34(47)28-20-30(45)38-16-12-9-13-17-51-37(50)43-32(24(5)6)36(49)41-28/h8,10-11,14-15,22-25,27-29,31-32,44H,9,12-13,16-21H2,1-7H3,(H,38,45)(H,39,48)(H,40,47)(H,41,49)(H,42,46)(H,43,50)/t25-,27+,28+,29+,31+,32+/m1/s1. The van der Waals surface area contributed by atoms with Gasteiger partial charge in [0.2, 0.25) is 29.5 Å². The van der Waals surface area contributed by atoms with E-state index in [0.29, 0.717) is 38.8 Å². The summed E-state index contributed by atoms with van der Waals surface area (Å²) in [5, 5.41) is 27.8. The van der Waals surface area contributed by atoms with E-state index >= 15 is 0 Å². The fourth-order valence-electron chi connectivity index (χ4n) is 5.69. The molecule has 0 radical (unpaired) electrons. The van der Waals surface area contributed by atoms with Gasteiger partial charge in [-0.25, -0.2) is 4.79 Å². The Labute approximate surface area is 302 Å². The summed E-state index contributed by atoms with van der Waals surface area (Å²) in [6, 6.07) is 5.45. The predicted octanol–water partition coefficient (Wildman–Crippen LogP) is 2.29. The number of rotatable bonds is 14. The third kappa shape index (κ3) is 15.7. The molecule has 1 saturated heterocycles. The van der Waals surface area contributed by atoms with Crippen LogP contribution in [0.5, 0.6) is 0 Å². The first-order valence-corrected chi connectivity index (χ1v) is 18.2. The molecule has 0 bridgehead atoms. The zero-order chi connectivity index (χ0) is 38.1. The number of aliphatic hydroxyl groups excluding tert-OH is 1. The first-order chi connectivity index (χ1) is 24.1. The summed E-state index contributed by atoms with van der Waals surface area (Å²) >= 11 is 0. The van der Waals surface area contributed by atoms with Crippen LogP contribution >= 0.6 is 0 Å².